The average molecular weight is 440 g/mol. The topological polar surface area (TPSA) is 95.5 Å². The van der Waals surface area contributed by atoms with E-state index in [0.717, 1.165) is 5.56 Å². The first-order chi connectivity index (χ1) is 13.2. The smallest absolute Gasteiger partial charge is 0.323 e. The van der Waals surface area contributed by atoms with E-state index in [1.54, 1.807) is 30.3 Å². The lowest BCUT2D eigenvalue weighted by atomic mass is 10.1. The van der Waals surface area contributed by atoms with Gasteiger partial charge in [0.15, 0.2) is 5.82 Å². The Hall–Kier alpha value is -2.23. The van der Waals surface area contributed by atoms with Gasteiger partial charge in [-0.25, -0.2) is 22.5 Å². The van der Waals surface area contributed by atoms with Crippen LogP contribution in [0.25, 0.3) is 11.3 Å². The van der Waals surface area contributed by atoms with Crippen LogP contribution in [-0.4, -0.2) is 66.1 Å². The minimum absolute atomic E-state index is 0. The van der Waals surface area contributed by atoms with Crippen molar-refractivity contribution >= 4 is 33.5 Å². The Morgan fingerprint density at radius 2 is 1.93 bits per heavy atom. The summed E-state index contributed by atoms with van der Waals surface area (Å²) in [5.74, 6) is 0.344. The third kappa shape index (κ3) is 5.88. The van der Waals surface area contributed by atoms with Crippen LogP contribution >= 0.6 is 11.6 Å². The molecule has 10 heteroatoms. The third-order valence-electron chi connectivity index (χ3n) is 4.77. The molecular formula is C19H26ClN5O3S. The molecule has 1 aromatic carbocycles. The highest BCUT2D eigenvalue weighted by Crippen LogP contribution is 2.21. The van der Waals surface area contributed by atoms with Crippen molar-refractivity contribution in [1.82, 2.24) is 19.2 Å². The zero-order valence-corrected chi connectivity index (χ0v) is 17.2. The summed E-state index contributed by atoms with van der Waals surface area (Å²) in [6.07, 6.45) is 5.46. The lowest BCUT2D eigenvalue weighted by molar-refractivity contribution is 0.174. The molecule has 1 aliphatic heterocycles. The Morgan fingerprint density at radius 3 is 2.48 bits per heavy atom. The molecule has 2 heterocycles. The molecule has 0 aliphatic carbocycles. The second-order valence-electron chi connectivity index (χ2n) is 6.73. The summed E-state index contributed by atoms with van der Waals surface area (Å²) in [4.78, 5) is 22.6. The van der Waals surface area contributed by atoms with E-state index in [1.807, 2.05) is 12.1 Å². The van der Waals surface area contributed by atoms with E-state index in [-0.39, 0.29) is 19.5 Å². The lowest BCUT2D eigenvalue weighted by Crippen LogP contribution is -2.48. The first-order valence-corrected chi connectivity index (χ1v) is 11.0. The number of carbonyl (C=O) groups excluding carboxylic acids is 1. The summed E-state index contributed by atoms with van der Waals surface area (Å²) < 4.78 is 24.6. The number of halogens is 1. The normalized spacial score (nSPS) is 15.4. The van der Waals surface area contributed by atoms with Gasteiger partial charge in [0.2, 0.25) is 10.0 Å². The number of carbonyl (C=O) groups is 1. The number of sulfonamides is 1. The van der Waals surface area contributed by atoms with E-state index >= 15 is 0 Å². The highest BCUT2D eigenvalue weighted by Gasteiger charge is 2.29. The summed E-state index contributed by atoms with van der Waals surface area (Å²) in [6, 6.07) is 6.95. The number of aromatic nitrogens is 2. The molecule has 29 heavy (non-hydrogen) atoms. The number of hydrogen-bond acceptors (Lipinski definition) is 5. The maximum absolute atomic E-state index is 12.5. The van der Waals surface area contributed by atoms with Gasteiger partial charge in [0, 0.05) is 36.8 Å². The van der Waals surface area contributed by atoms with E-state index in [4.69, 9.17) is 11.6 Å². The summed E-state index contributed by atoms with van der Waals surface area (Å²) in [5.41, 5.74) is 1.50. The fourth-order valence-electron chi connectivity index (χ4n) is 3.11. The van der Waals surface area contributed by atoms with E-state index in [9.17, 15) is 13.2 Å². The van der Waals surface area contributed by atoms with Gasteiger partial charge < -0.3 is 4.90 Å². The molecule has 1 aromatic heterocycles. The Balaban J connectivity index is 0.00000300. The third-order valence-corrected chi connectivity index (χ3v) is 6.31. The average Bonchev–Trinajstić information content (AvgIpc) is 2.67. The Kier molecular flexibility index (Phi) is 7.56. The van der Waals surface area contributed by atoms with Crippen molar-refractivity contribution in [2.75, 3.05) is 31.7 Å². The Bertz CT molecular complexity index is 945. The molecular weight excluding hydrogens is 414 g/mol. The highest BCUT2D eigenvalue weighted by atomic mass is 35.5. The van der Waals surface area contributed by atoms with Gasteiger partial charge in [-0.3, -0.25) is 10.3 Å². The predicted octanol–water partition coefficient (Wildman–Crippen LogP) is 3.32. The molecule has 158 valence electrons. The Labute approximate surface area is 177 Å². The van der Waals surface area contributed by atoms with Crippen molar-refractivity contribution < 1.29 is 13.2 Å². The summed E-state index contributed by atoms with van der Waals surface area (Å²) >= 11 is 5.99. The lowest BCUT2D eigenvalue weighted by Gasteiger charge is -2.35. The second-order valence-corrected chi connectivity index (χ2v) is 9.15. The molecule has 1 saturated heterocycles. The zero-order chi connectivity index (χ0) is 20.3. The van der Waals surface area contributed by atoms with Crippen molar-refractivity contribution in [3.05, 3.63) is 41.7 Å². The van der Waals surface area contributed by atoms with Crippen LogP contribution in [0.3, 0.4) is 0 Å². The molecule has 2 aromatic rings. The zero-order valence-electron chi connectivity index (χ0n) is 15.7. The predicted molar refractivity (Wildman–Crippen MR) is 115 cm³/mol. The molecule has 1 N–H and O–H groups in total. The number of anilines is 1. The van der Waals surface area contributed by atoms with Gasteiger partial charge in [0.25, 0.3) is 0 Å². The minimum atomic E-state index is -3.19. The SMILES string of the molecule is C.CN(C(=O)Nc1cnc(-c2cccc(Cl)c2)cn1)C1CCN(S(C)(=O)=O)CC1. The molecule has 0 atom stereocenters. The fraction of sp³-hybridized carbons (Fsp3) is 0.421. The van der Waals surface area contributed by atoms with Crippen LogP contribution < -0.4 is 5.32 Å². The number of nitrogens with one attached hydrogen (secondary N) is 1. The van der Waals surface area contributed by atoms with Crippen LogP contribution in [0, 0.1) is 0 Å². The first kappa shape index (κ1) is 23.1. The van der Waals surface area contributed by atoms with Crippen LogP contribution in [0.5, 0.6) is 0 Å². The van der Waals surface area contributed by atoms with Crippen molar-refractivity contribution in [2.45, 2.75) is 26.3 Å². The monoisotopic (exact) mass is 439 g/mol. The standard InChI is InChI=1S/C18H22ClN5O3S.CH4/c1-23(15-6-8-24(9-7-15)28(2,26)27)18(25)22-17-12-20-16(11-21-17)13-4-3-5-14(19)10-13;/h3-5,10-12,15H,6-9H2,1-2H3,(H,21,22,25);1H4. The van der Waals surface area contributed by atoms with Crippen LogP contribution in [0.1, 0.15) is 20.3 Å². The number of rotatable bonds is 4. The van der Waals surface area contributed by atoms with Gasteiger partial charge in [-0.1, -0.05) is 31.2 Å². The van der Waals surface area contributed by atoms with Crippen LogP contribution in [0.15, 0.2) is 36.7 Å². The molecule has 1 aliphatic rings. The quantitative estimate of drug-likeness (QED) is 0.788. The van der Waals surface area contributed by atoms with Crippen LogP contribution in [0.2, 0.25) is 5.02 Å². The molecule has 1 fully saturated rings. The van der Waals surface area contributed by atoms with Gasteiger partial charge in [0.1, 0.15) is 0 Å². The number of benzene rings is 1. The van der Waals surface area contributed by atoms with Gasteiger partial charge in [-0.15, -0.1) is 0 Å². The molecule has 0 spiro atoms. The van der Waals surface area contributed by atoms with Gasteiger partial charge in [0.05, 0.1) is 24.3 Å². The van der Waals surface area contributed by atoms with Gasteiger partial charge in [-0.05, 0) is 25.0 Å². The van der Waals surface area contributed by atoms with Gasteiger partial charge >= 0.3 is 6.03 Å². The summed E-state index contributed by atoms with van der Waals surface area (Å²) in [6.45, 7) is 0.824. The number of hydrogen-bond donors (Lipinski definition) is 1. The number of nitrogens with zero attached hydrogens (tertiary/aromatic N) is 4. The van der Waals surface area contributed by atoms with Crippen molar-refractivity contribution in [2.24, 2.45) is 0 Å². The van der Waals surface area contributed by atoms with Crippen LogP contribution in [0.4, 0.5) is 10.6 Å². The molecule has 0 radical (unpaired) electrons. The fourth-order valence-corrected chi connectivity index (χ4v) is 4.18. The van der Waals surface area contributed by atoms with Crippen LogP contribution in [-0.2, 0) is 10.0 Å². The molecule has 0 unspecified atom stereocenters. The van der Waals surface area contributed by atoms with Crippen molar-refractivity contribution in [1.29, 1.82) is 0 Å². The van der Waals surface area contributed by atoms with E-state index in [0.29, 0.717) is 42.5 Å². The summed E-state index contributed by atoms with van der Waals surface area (Å²) in [7, 11) is -1.49. The molecule has 2 amide bonds. The largest absolute Gasteiger partial charge is 0.324 e. The molecule has 8 nitrogen and oxygen atoms in total. The molecule has 0 saturated carbocycles. The highest BCUT2D eigenvalue weighted by molar-refractivity contribution is 7.88. The van der Waals surface area contributed by atoms with Gasteiger partial charge in [-0.2, -0.15) is 0 Å². The van der Waals surface area contributed by atoms with Crippen molar-refractivity contribution in [3.63, 3.8) is 0 Å². The summed E-state index contributed by atoms with van der Waals surface area (Å²) in [5, 5.41) is 3.34. The van der Waals surface area contributed by atoms with Crippen molar-refractivity contribution in [3.8, 4) is 11.3 Å². The Morgan fingerprint density at radius 1 is 1.24 bits per heavy atom. The molecule has 3 rings (SSSR count). The number of amides is 2. The van der Waals surface area contributed by atoms with E-state index < -0.39 is 10.0 Å². The first-order valence-electron chi connectivity index (χ1n) is 8.81. The maximum atomic E-state index is 12.5. The van der Waals surface area contributed by atoms with E-state index in [1.165, 1.54) is 16.8 Å². The number of piperidine rings is 1. The van der Waals surface area contributed by atoms with E-state index in [2.05, 4.69) is 15.3 Å². The number of urea groups is 1. The molecule has 0 bridgehead atoms. The minimum Gasteiger partial charge on any atom is -0.324 e. The maximum Gasteiger partial charge on any atom is 0.323 e. The second kappa shape index (κ2) is 9.51.